The topological polar surface area (TPSA) is 99.7 Å². The second kappa shape index (κ2) is 14.9. The van der Waals surface area contributed by atoms with E-state index in [1.807, 2.05) is 27.7 Å². The molecule has 1 saturated carbocycles. The molecule has 4 rings (SSSR count). The quantitative estimate of drug-likeness (QED) is 0.195. The summed E-state index contributed by atoms with van der Waals surface area (Å²) in [6.07, 6.45) is 6.87. The maximum Gasteiger partial charge on any atom is 0.245 e. The molecule has 9 nitrogen and oxygen atoms in total. The van der Waals surface area contributed by atoms with Gasteiger partial charge in [0.2, 0.25) is 16.0 Å². The number of aryl methyl sites for hydroxylation is 1. The first-order valence-electron chi connectivity index (χ1n) is 15.6. The summed E-state index contributed by atoms with van der Waals surface area (Å²) in [5, 5.41) is 6.75. The standard InChI is InChI=1S/C33H47ClN6O3S/c1-8-18-40(9-2)44(41,42)31-13-11-10-12-28(31)36-32-27(34)21-35-33(38-32)37-29-19-23(5)26(20-30(29)43-22(3)4)24-14-16-25(17-15-24)39(6)7/h10-13,19-22,24-25H,8-9,14-18H2,1-7H3,(H2,35,36,37,38)/t24-,25+. The number of rotatable bonds is 13. The molecule has 2 aromatic carbocycles. The molecule has 1 aromatic heterocycles. The monoisotopic (exact) mass is 642 g/mol. The second-order valence-electron chi connectivity index (χ2n) is 12.0. The van der Waals surface area contributed by atoms with E-state index in [1.54, 1.807) is 24.3 Å². The number of sulfonamides is 1. The van der Waals surface area contributed by atoms with Crippen LogP contribution in [-0.4, -0.2) is 66.9 Å². The number of para-hydroxylation sites is 1. The van der Waals surface area contributed by atoms with Crippen LogP contribution >= 0.6 is 11.6 Å². The maximum atomic E-state index is 13.5. The summed E-state index contributed by atoms with van der Waals surface area (Å²) in [6, 6.07) is 11.7. The highest BCUT2D eigenvalue weighted by atomic mass is 35.5. The SMILES string of the molecule is CCCN(CC)S(=O)(=O)c1ccccc1Nc1nc(Nc2cc(C)c([C@H]3CC[C@@H](N(C)C)CC3)cc2OC(C)C)ncc1Cl. The molecular weight excluding hydrogens is 596 g/mol. The summed E-state index contributed by atoms with van der Waals surface area (Å²) in [7, 11) is 0.603. The third-order valence-electron chi connectivity index (χ3n) is 8.17. The lowest BCUT2D eigenvalue weighted by Crippen LogP contribution is -2.32. The van der Waals surface area contributed by atoms with E-state index in [0.717, 1.165) is 30.7 Å². The van der Waals surface area contributed by atoms with Crippen LogP contribution in [0.2, 0.25) is 5.02 Å². The molecule has 0 atom stereocenters. The first kappa shape index (κ1) is 34.0. The highest BCUT2D eigenvalue weighted by Crippen LogP contribution is 2.41. The van der Waals surface area contributed by atoms with Gasteiger partial charge in [-0.3, -0.25) is 0 Å². The Labute approximate surface area is 268 Å². The van der Waals surface area contributed by atoms with Gasteiger partial charge in [-0.15, -0.1) is 0 Å². The number of anilines is 4. The van der Waals surface area contributed by atoms with Gasteiger partial charge in [-0.25, -0.2) is 13.4 Å². The smallest absolute Gasteiger partial charge is 0.245 e. The number of hydrogen-bond donors (Lipinski definition) is 2. The number of halogens is 1. The molecule has 0 spiro atoms. The van der Waals surface area contributed by atoms with Crippen molar-refractivity contribution in [1.82, 2.24) is 19.2 Å². The Morgan fingerprint density at radius 2 is 1.75 bits per heavy atom. The number of ether oxygens (including phenoxy) is 1. The lowest BCUT2D eigenvalue weighted by molar-refractivity contribution is 0.215. The van der Waals surface area contributed by atoms with Crippen molar-refractivity contribution in [2.24, 2.45) is 0 Å². The largest absolute Gasteiger partial charge is 0.489 e. The number of hydrogen-bond acceptors (Lipinski definition) is 8. The van der Waals surface area contributed by atoms with Gasteiger partial charge in [-0.1, -0.05) is 37.6 Å². The van der Waals surface area contributed by atoms with Crippen LogP contribution < -0.4 is 15.4 Å². The summed E-state index contributed by atoms with van der Waals surface area (Å²) in [5.41, 5.74) is 3.67. The van der Waals surface area contributed by atoms with Gasteiger partial charge in [0.25, 0.3) is 0 Å². The number of benzene rings is 2. The van der Waals surface area contributed by atoms with Gasteiger partial charge in [0, 0.05) is 19.1 Å². The van der Waals surface area contributed by atoms with Crippen molar-refractivity contribution in [3.63, 3.8) is 0 Å². The average Bonchev–Trinajstić information content (AvgIpc) is 2.98. The molecule has 0 saturated heterocycles. The first-order valence-corrected chi connectivity index (χ1v) is 17.4. The van der Waals surface area contributed by atoms with Crippen LogP contribution in [0.4, 0.5) is 23.1 Å². The molecule has 0 amide bonds. The first-order chi connectivity index (χ1) is 20.9. The average molecular weight is 643 g/mol. The van der Waals surface area contributed by atoms with Gasteiger partial charge in [-0.2, -0.15) is 9.29 Å². The zero-order valence-corrected chi connectivity index (χ0v) is 28.6. The van der Waals surface area contributed by atoms with Crippen molar-refractivity contribution in [3.8, 4) is 5.75 Å². The van der Waals surface area contributed by atoms with E-state index < -0.39 is 10.0 Å². The van der Waals surface area contributed by atoms with Crippen LogP contribution in [0.3, 0.4) is 0 Å². The summed E-state index contributed by atoms with van der Waals surface area (Å²) >= 11 is 6.51. The number of aromatic nitrogens is 2. The fourth-order valence-electron chi connectivity index (χ4n) is 5.89. The zero-order chi connectivity index (χ0) is 32.0. The molecule has 2 N–H and O–H groups in total. The Balaban J connectivity index is 1.62. The van der Waals surface area contributed by atoms with Gasteiger partial charge >= 0.3 is 0 Å². The molecule has 240 valence electrons. The molecule has 1 heterocycles. The summed E-state index contributed by atoms with van der Waals surface area (Å²) in [5.74, 6) is 1.85. The van der Waals surface area contributed by atoms with Gasteiger partial charge in [0.15, 0.2) is 5.82 Å². The molecule has 3 aromatic rings. The van der Waals surface area contributed by atoms with Crippen LogP contribution in [0.1, 0.15) is 76.8 Å². The van der Waals surface area contributed by atoms with Crippen LogP contribution in [0, 0.1) is 6.92 Å². The normalized spacial score (nSPS) is 17.3. The molecule has 44 heavy (non-hydrogen) atoms. The molecule has 1 aliphatic carbocycles. The highest BCUT2D eigenvalue weighted by Gasteiger charge is 2.27. The fraction of sp³-hybridized carbons (Fsp3) is 0.515. The van der Waals surface area contributed by atoms with Gasteiger partial charge in [-0.05, 0) is 108 Å². The Bertz CT molecular complexity index is 1520. The lowest BCUT2D eigenvalue weighted by atomic mass is 9.80. The van der Waals surface area contributed by atoms with Crippen LogP contribution in [-0.2, 0) is 10.0 Å². The second-order valence-corrected chi connectivity index (χ2v) is 14.3. The van der Waals surface area contributed by atoms with Crippen molar-refractivity contribution < 1.29 is 13.2 Å². The summed E-state index contributed by atoms with van der Waals surface area (Å²) in [6.45, 7) is 10.8. The van der Waals surface area contributed by atoms with Crippen molar-refractivity contribution in [2.75, 3.05) is 37.8 Å². The minimum atomic E-state index is -3.73. The number of nitrogens with one attached hydrogen (secondary N) is 2. The van der Waals surface area contributed by atoms with E-state index in [-0.39, 0.29) is 16.0 Å². The molecule has 1 aliphatic rings. The van der Waals surface area contributed by atoms with Crippen molar-refractivity contribution in [1.29, 1.82) is 0 Å². The molecule has 1 fully saturated rings. The van der Waals surface area contributed by atoms with E-state index in [1.165, 1.54) is 34.5 Å². The predicted molar refractivity (Wildman–Crippen MR) is 180 cm³/mol. The molecule has 0 unspecified atom stereocenters. The minimum Gasteiger partial charge on any atom is -0.489 e. The minimum absolute atomic E-state index is 0.0206. The molecule has 0 radical (unpaired) electrons. The molecule has 11 heteroatoms. The van der Waals surface area contributed by atoms with E-state index in [4.69, 9.17) is 16.3 Å². The van der Waals surface area contributed by atoms with Gasteiger partial charge in [0.1, 0.15) is 15.7 Å². The third-order valence-corrected chi connectivity index (χ3v) is 10.5. The van der Waals surface area contributed by atoms with E-state index in [2.05, 4.69) is 58.7 Å². The molecular formula is C33H47ClN6O3S. The fourth-order valence-corrected chi connectivity index (χ4v) is 7.72. The predicted octanol–water partition coefficient (Wildman–Crippen LogP) is 7.72. The Kier molecular flexibility index (Phi) is 11.5. The maximum absolute atomic E-state index is 13.5. The van der Waals surface area contributed by atoms with E-state index in [0.29, 0.717) is 42.5 Å². The Morgan fingerprint density at radius 1 is 1.05 bits per heavy atom. The van der Waals surface area contributed by atoms with Crippen LogP contribution in [0.15, 0.2) is 47.5 Å². The van der Waals surface area contributed by atoms with E-state index in [9.17, 15) is 8.42 Å². The van der Waals surface area contributed by atoms with Gasteiger partial charge < -0.3 is 20.3 Å². The van der Waals surface area contributed by atoms with Gasteiger partial charge in [0.05, 0.1) is 23.7 Å². The highest BCUT2D eigenvalue weighted by molar-refractivity contribution is 7.89. The van der Waals surface area contributed by atoms with E-state index >= 15 is 0 Å². The Hall–Kier alpha value is -2.92. The summed E-state index contributed by atoms with van der Waals surface area (Å²) in [4.78, 5) is 11.6. The van der Waals surface area contributed by atoms with Crippen molar-refractivity contribution in [3.05, 3.63) is 58.7 Å². The molecule has 0 bridgehead atoms. The molecule has 0 aliphatic heterocycles. The Morgan fingerprint density at radius 3 is 2.39 bits per heavy atom. The van der Waals surface area contributed by atoms with Crippen LogP contribution in [0.25, 0.3) is 0 Å². The number of nitrogens with zero attached hydrogens (tertiary/aromatic N) is 4. The third kappa shape index (κ3) is 8.02. The van der Waals surface area contributed by atoms with Crippen LogP contribution in [0.5, 0.6) is 5.75 Å². The zero-order valence-electron chi connectivity index (χ0n) is 27.0. The van der Waals surface area contributed by atoms with Crippen molar-refractivity contribution >= 4 is 44.8 Å². The lowest BCUT2D eigenvalue weighted by Gasteiger charge is -2.33. The van der Waals surface area contributed by atoms with Crippen molar-refractivity contribution in [2.45, 2.75) is 89.7 Å². The summed E-state index contributed by atoms with van der Waals surface area (Å²) < 4.78 is 34.7.